The molecule has 0 amide bonds. The Kier molecular flexibility index (Phi) is 6.17. The Morgan fingerprint density at radius 2 is 1.75 bits per heavy atom. The number of likely N-dealkylation sites (tertiary alicyclic amines) is 1. The van der Waals surface area contributed by atoms with Gasteiger partial charge in [-0.3, -0.25) is 0 Å². The third-order valence-corrected chi connectivity index (χ3v) is 7.57. The standard InChI is InChI=1S/C22H31F4N5O/c23-17-1-4-31(13-17)20-9-19(22(24,25)26)21(29-28-20)27-18-7-15-11-30(12-16(15)8-18)10-14-2-5-32-6-3-14/h9,14-18H,1-8,10-13H2,(H,27,29)/t15-,16?,17?,18?/m1/s1. The summed E-state index contributed by atoms with van der Waals surface area (Å²) in [5, 5.41) is 10.9. The first-order valence-electron chi connectivity index (χ1n) is 11.8. The molecule has 4 atom stereocenters. The van der Waals surface area contributed by atoms with Crippen molar-refractivity contribution >= 4 is 11.6 Å². The molecule has 4 heterocycles. The van der Waals surface area contributed by atoms with Crippen LogP contribution in [0.15, 0.2) is 6.07 Å². The van der Waals surface area contributed by atoms with E-state index in [1.807, 2.05) is 0 Å². The third kappa shape index (κ3) is 4.81. The van der Waals surface area contributed by atoms with Crippen LogP contribution in [0.25, 0.3) is 0 Å². The molecule has 4 fully saturated rings. The van der Waals surface area contributed by atoms with Crippen LogP contribution in [-0.4, -0.2) is 73.2 Å². The fourth-order valence-corrected chi connectivity index (χ4v) is 5.94. The Hall–Kier alpha value is -1.68. The van der Waals surface area contributed by atoms with E-state index in [9.17, 15) is 17.6 Å². The van der Waals surface area contributed by atoms with Gasteiger partial charge in [-0.05, 0) is 55.9 Å². The van der Waals surface area contributed by atoms with E-state index in [1.54, 1.807) is 0 Å². The fourth-order valence-electron chi connectivity index (χ4n) is 5.94. The van der Waals surface area contributed by atoms with Crippen molar-refractivity contribution in [2.24, 2.45) is 17.8 Å². The van der Waals surface area contributed by atoms with E-state index in [-0.39, 0.29) is 24.2 Å². The Morgan fingerprint density at radius 1 is 1.03 bits per heavy atom. The van der Waals surface area contributed by atoms with Gasteiger partial charge in [0.05, 0.1) is 6.54 Å². The minimum atomic E-state index is -4.54. The van der Waals surface area contributed by atoms with Crippen LogP contribution < -0.4 is 10.2 Å². The first kappa shape index (κ1) is 22.1. The van der Waals surface area contributed by atoms with E-state index >= 15 is 0 Å². The Morgan fingerprint density at radius 3 is 2.38 bits per heavy atom. The topological polar surface area (TPSA) is 53.5 Å². The largest absolute Gasteiger partial charge is 0.420 e. The summed E-state index contributed by atoms with van der Waals surface area (Å²) in [6.07, 6.45) is -1.33. The summed E-state index contributed by atoms with van der Waals surface area (Å²) in [5.74, 6) is 1.61. The zero-order chi connectivity index (χ0) is 22.3. The molecule has 0 spiro atoms. The summed E-state index contributed by atoms with van der Waals surface area (Å²) < 4.78 is 60.2. The molecule has 178 valence electrons. The molecule has 3 unspecified atom stereocenters. The van der Waals surface area contributed by atoms with Gasteiger partial charge in [0.25, 0.3) is 0 Å². The highest BCUT2D eigenvalue weighted by Crippen LogP contribution is 2.42. The number of anilines is 2. The molecular weight excluding hydrogens is 426 g/mol. The molecule has 5 rings (SSSR count). The van der Waals surface area contributed by atoms with E-state index in [1.165, 1.54) is 4.90 Å². The molecular formula is C22H31F4N5O. The molecule has 1 aromatic rings. The molecule has 3 aliphatic heterocycles. The maximum absolute atomic E-state index is 13.8. The van der Waals surface area contributed by atoms with Crippen molar-refractivity contribution in [1.82, 2.24) is 15.1 Å². The molecule has 1 aliphatic carbocycles. The highest BCUT2D eigenvalue weighted by atomic mass is 19.4. The normalized spacial score (nSPS) is 31.9. The van der Waals surface area contributed by atoms with Gasteiger partial charge in [0.2, 0.25) is 0 Å². The van der Waals surface area contributed by atoms with Crippen molar-refractivity contribution in [2.75, 3.05) is 56.2 Å². The molecule has 1 saturated carbocycles. The highest BCUT2D eigenvalue weighted by molar-refractivity contribution is 5.53. The van der Waals surface area contributed by atoms with Gasteiger partial charge in [-0.15, -0.1) is 10.2 Å². The first-order valence-corrected chi connectivity index (χ1v) is 11.8. The predicted octanol–water partition coefficient (Wildman–Crippen LogP) is 3.59. The number of nitrogens with zero attached hydrogens (tertiary/aromatic N) is 4. The smallest absolute Gasteiger partial charge is 0.381 e. The quantitative estimate of drug-likeness (QED) is 0.682. The number of hydrogen-bond donors (Lipinski definition) is 1. The maximum Gasteiger partial charge on any atom is 0.420 e. The summed E-state index contributed by atoms with van der Waals surface area (Å²) in [6.45, 7) is 5.28. The van der Waals surface area contributed by atoms with Crippen LogP contribution >= 0.6 is 0 Å². The van der Waals surface area contributed by atoms with E-state index < -0.39 is 17.9 Å². The van der Waals surface area contributed by atoms with Crippen LogP contribution in [-0.2, 0) is 10.9 Å². The molecule has 0 radical (unpaired) electrons. The lowest BCUT2D eigenvalue weighted by atomic mass is 10.00. The minimum absolute atomic E-state index is 0.0292. The molecule has 4 aliphatic rings. The average molecular weight is 458 g/mol. The van der Waals surface area contributed by atoms with Gasteiger partial charge in [0, 0.05) is 45.4 Å². The zero-order valence-corrected chi connectivity index (χ0v) is 18.2. The third-order valence-electron chi connectivity index (χ3n) is 7.57. The van der Waals surface area contributed by atoms with Gasteiger partial charge >= 0.3 is 6.18 Å². The van der Waals surface area contributed by atoms with Gasteiger partial charge in [0.15, 0.2) is 11.6 Å². The number of nitrogens with one attached hydrogen (secondary N) is 1. The summed E-state index contributed by atoms with van der Waals surface area (Å²) in [7, 11) is 0. The number of alkyl halides is 4. The number of rotatable bonds is 5. The molecule has 10 heteroatoms. The second-order valence-electron chi connectivity index (χ2n) is 9.90. The maximum atomic E-state index is 13.8. The van der Waals surface area contributed by atoms with Crippen LogP contribution in [0.1, 0.15) is 37.7 Å². The van der Waals surface area contributed by atoms with Gasteiger partial charge < -0.3 is 19.9 Å². The lowest BCUT2D eigenvalue weighted by Crippen LogP contribution is -2.32. The van der Waals surface area contributed by atoms with Crippen LogP contribution in [0.2, 0.25) is 0 Å². The SMILES string of the molecule is FC1CCN(c2cc(C(F)(F)F)c(NC3CC4CN(CC5CCOCC5)C[C@H]4C3)nn2)C1. The molecule has 6 nitrogen and oxygen atoms in total. The Labute approximate surface area is 185 Å². The van der Waals surface area contributed by atoms with Gasteiger partial charge in [-0.25, -0.2) is 4.39 Å². The first-order chi connectivity index (χ1) is 15.3. The van der Waals surface area contributed by atoms with Gasteiger partial charge in [-0.2, -0.15) is 13.2 Å². The predicted molar refractivity (Wildman–Crippen MR) is 112 cm³/mol. The molecule has 0 aromatic carbocycles. The second kappa shape index (κ2) is 8.93. The van der Waals surface area contributed by atoms with Crippen LogP contribution in [0.4, 0.5) is 29.2 Å². The van der Waals surface area contributed by atoms with Crippen molar-refractivity contribution in [2.45, 2.75) is 50.5 Å². The van der Waals surface area contributed by atoms with Crippen LogP contribution in [0.5, 0.6) is 0 Å². The second-order valence-corrected chi connectivity index (χ2v) is 9.90. The molecule has 1 N–H and O–H groups in total. The average Bonchev–Trinajstić information content (AvgIpc) is 3.43. The molecule has 3 saturated heterocycles. The molecule has 1 aromatic heterocycles. The van der Waals surface area contributed by atoms with Crippen molar-refractivity contribution in [3.05, 3.63) is 11.6 Å². The number of halogens is 4. The van der Waals surface area contributed by atoms with Crippen molar-refractivity contribution in [1.29, 1.82) is 0 Å². The summed E-state index contributed by atoms with van der Waals surface area (Å²) in [5.41, 5.74) is -0.817. The summed E-state index contributed by atoms with van der Waals surface area (Å²) in [6, 6.07) is 0.983. The van der Waals surface area contributed by atoms with Crippen molar-refractivity contribution in [3.63, 3.8) is 0 Å². The molecule has 32 heavy (non-hydrogen) atoms. The van der Waals surface area contributed by atoms with E-state index in [4.69, 9.17) is 4.74 Å². The summed E-state index contributed by atoms with van der Waals surface area (Å²) >= 11 is 0. The van der Waals surface area contributed by atoms with Crippen LogP contribution in [0.3, 0.4) is 0 Å². The number of ether oxygens (including phenoxy) is 1. The number of hydrogen-bond acceptors (Lipinski definition) is 6. The lowest BCUT2D eigenvalue weighted by molar-refractivity contribution is -0.137. The van der Waals surface area contributed by atoms with E-state index in [0.717, 1.165) is 64.6 Å². The minimum Gasteiger partial charge on any atom is -0.381 e. The van der Waals surface area contributed by atoms with Gasteiger partial charge in [0.1, 0.15) is 11.7 Å². The van der Waals surface area contributed by atoms with E-state index in [0.29, 0.717) is 30.7 Å². The van der Waals surface area contributed by atoms with E-state index in [2.05, 4.69) is 20.4 Å². The zero-order valence-electron chi connectivity index (χ0n) is 18.2. The Bertz CT molecular complexity index is 789. The number of aromatic nitrogens is 2. The monoisotopic (exact) mass is 457 g/mol. The van der Waals surface area contributed by atoms with Crippen molar-refractivity contribution in [3.8, 4) is 0 Å². The van der Waals surface area contributed by atoms with Crippen LogP contribution in [0, 0.1) is 17.8 Å². The lowest BCUT2D eigenvalue weighted by Gasteiger charge is -2.28. The highest BCUT2D eigenvalue weighted by Gasteiger charge is 2.43. The molecule has 0 bridgehead atoms. The summed E-state index contributed by atoms with van der Waals surface area (Å²) in [4.78, 5) is 4.06. The van der Waals surface area contributed by atoms with Gasteiger partial charge in [-0.1, -0.05) is 0 Å². The number of fused-ring (bicyclic) bond motifs is 1. The van der Waals surface area contributed by atoms with Crippen molar-refractivity contribution < 1.29 is 22.3 Å². The fraction of sp³-hybridized carbons (Fsp3) is 0.818. The Balaban J connectivity index is 1.20.